The van der Waals surface area contributed by atoms with Crippen LogP contribution in [0.5, 0.6) is 5.75 Å². The van der Waals surface area contributed by atoms with Crippen molar-refractivity contribution in [1.29, 1.82) is 0 Å². The zero-order chi connectivity index (χ0) is 18.6. The summed E-state index contributed by atoms with van der Waals surface area (Å²) in [4.78, 5) is 20.0. The zero-order valence-electron chi connectivity index (χ0n) is 15.2. The van der Waals surface area contributed by atoms with Crippen LogP contribution in [0.4, 0.5) is 0 Å². The number of para-hydroxylation sites is 1. The molecule has 1 aromatic carbocycles. The van der Waals surface area contributed by atoms with Crippen LogP contribution in [0.2, 0.25) is 0 Å². The first-order valence-corrected chi connectivity index (χ1v) is 8.58. The molecule has 0 saturated heterocycles. The minimum absolute atomic E-state index is 0.145. The lowest BCUT2D eigenvalue weighted by molar-refractivity contribution is 0.0954. The van der Waals surface area contributed by atoms with Crippen LogP contribution in [0, 0.1) is 0 Å². The number of ether oxygens (including phenoxy) is 1. The Bertz CT molecular complexity index is 719. The van der Waals surface area contributed by atoms with Crippen molar-refractivity contribution in [2.75, 3.05) is 26.7 Å². The molecule has 2 rings (SSSR count). The fourth-order valence-electron chi connectivity index (χ4n) is 2.30. The van der Waals surface area contributed by atoms with Crippen molar-refractivity contribution in [3.8, 4) is 5.75 Å². The molecule has 1 aromatic heterocycles. The summed E-state index contributed by atoms with van der Waals surface area (Å²) in [5.74, 6) is 1.38. The first kappa shape index (κ1) is 19.2. The zero-order valence-corrected chi connectivity index (χ0v) is 15.2. The summed E-state index contributed by atoms with van der Waals surface area (Å²) >= 11 is 0. The molecule has 0 aliphatic carbocycles. The van der Waals surface area contributed by atoms with Gasteiger partial charge in [0.1, 0.15) is 5.75 Å². The molecule has 0 fully saturated rings. The molecule has 0 bridgehead atoms. The molecule has 1 heterocycles. The molecule has 0 aliphatic rings. The predicted molar refractivity (Wildman–Crippen MR) is 102 cm³/mol. The average Bonchev–Trinajstić information content (AvgIpc) is 2.69. The van der Waals surface area contributed by atoms with Crippen LogP contribution in [0.15, 0.2) is 53.8 Å². The van der Waals surface area contributed by atoms with Gasteiger partial charge in [0, 0.05) is 44.6 Å². The number of amides is 1. The van der Waals surface area contributed by atoms with Crippen LogP contribution in [0.25, 0.3) is 0 Å². The quantitative estimate of drug-likeness (QED) is 0.380. The molecule has 26 heavy (non-hydrogen) atoms. The molecule has 3 N–H and O–H groups in total. The van der Waals surface area contributed by atoms with Crippen molar-refractivity contribution < 1.29 is 9.53 Å². The van der Waals surface area contributed by atoms with E-state index in [4.69, 9.17) is 4.74 Å². The van der Waals surface area contributed by atoms with Crippen LogP contribution in [0.1, 0.15) is 22.8 Å². The van der Waals surface area contributed by atoms with E-state index < -0.39 is 0 Å². The van der Waals surface area contributed by atoms with Gasteiger partial charge < -0.3 is 20.7 Å². The summed E-state index contributed by atoms with van der Waals surface area (Å²) in [6, 6.07) is 11.4. The Labute approximate surface area is 153 Å². The smallest absolute Gasteiger partial charge is 0.252 e. The summed E-state index contributed by atoms with van der Waals surface area (Å²) in [6.07, 6.45) is 3.18. The second-order valence-corrected chi connectivity index (χ2v) is 5.39. The maximum atomic E-state index is 11.9. The second-order valence-electron chi connectivity index (χ2n) is 5.39. The summed E-state index contributed by atoms with van der Waals surface area (Å²) in [6.45, 7) is 4.21. The molecule has 0 unspecified atom stereocenters. The molecule has 7 nitrogen and oxygen atoms in total. The lowest BCUT2D eigenvalue weighted by Crippen LogP contribution is -2.41. The fraction of sp³-hybridized carbons (Fsp3) is 0.316. The van der Waals surface area contributed by atoms with Gasteiger partial charge in [-0.3, -0.25) is 14.8 Å². The number of pyridine rings is 1. The largest absolute Gasteiger partial charge is 0.494 e. The topological polar surface area (TPSA) is 87.6 Å². The monoisotopic (exact) mass is 355 g/mol. The van der Waals surface area contributed by atoms with E-state index in [2.05, 4.69) is 25.9 Å². The Morgan fingerprint density at radius 2 is 1.92 bits per heavy atom. The van der Waals surface area contributed by atoms with Gasteiger partial charge in [0.25, 0.3) is 5.91 Å². The van der Waals surface area contributed by atoms with E-state index in [-0.39, 0.29) is 5.91 Å². The highest BCUT2D eigenvalue weighted by molar-refractivity contribution is 5.93. The molecule has 2 aromatic rings. The number of benzene rings is 1. The second kappa shape index (κ2) is 10.7. The molecule has 7 heteroatoms. The number of carbonyl (C=O) groups is 1. The Morgan fingerprint density at radius 1 is 1.12 bits per heavy atom. The number of nitrogens with one attached hydrogen (secondary N) is 3. The van der Waals surface area contributed by atoms with Gasteiger partial charge in [-0.15, -0.1) is 0 Å². The number of hydrogen-bond donors (Lipinski definition) is 3. The highest BCUT2D eigenvalue weighted by Gasteiger charge is 2.05. The normalized spacial score (nSPS) is 10.9. The third kappa shape index (κ3) is 6.08. The number of nitrogens with zero attached hydrogens (tertiary/aromatic N) is 2. The summed E-state index contributed by atoms with van der Waals surface area (Å²) < 4.78 is 5.62. The van der Waals surface area contributed by atoms with Gasteiger partial charge in [0.15, 0.2) is 5.96 Å². The molecule has 0 spiro atoms. The summed E-state index contributed by atoms with van der Waals surface area (Å²) in [5, 5.41) is 9.24. The molecule has 138 valence electrons. The highest BCUT2D eigenvalue weighted by atomic mass is 16.5. The van der Waals surface area contributed by atoms with Crippen LogP contribution in [0.3, 0.4) is 0 Å². The Morgan fingerprint density at radius 3 is 2.65 bits per heavy atom. The van der Waals surface area contributed by atoms with Crippen LogP contribution in [-0.4, -0.2) is 43.6 Å². The van der Waals surface area contributed by atoms with E-state index >= 15 is 0 Å². The highest BCUT2D eigenvalue weighted by Crippen LogP contribution is 2.17. The Balaban J connectivity index is 1.74. The van der Waals surface area contributed by atoms with Crippen LogP contribution < -0.4 is 20.7 Å². The van der Waals surface area contributed by atoms with E-state index in [1.165, 1.54) is 0 Å². The van der Waals surface area contributed by atoms with E-state index in [0.717, 1.165) is 11.3 Å². The number of aliphatic imine (C=N–C) groups is 1. The van der Waals surface area contributed by atoms with Crippen molar-refractivity contribution in [2.45, 2.75) is 13.5 Å². The number of aromatic nitrogens is 1. The van der Waals surface area contributed by atoms with Crippen LogP contribution >= 0.6 is 0 Å². The first-order chi connectivity index (χ1) is 12.7. The van der Waals surface area contributed by atoms with Gasteiger partial charge in [-0.25, -0.2) is 0 Å². The predicted octanol–water partition coefficient (Wildman–Crippen LogP) is 1.58. The SMILES string of the molecule is CCOc1ccccc1CNC(=NC)NCCNC(=O)c1cccnc1. The van der Waals surface area contributed by atoms with Crippen molar-refractivity contribution >= 4 is 11.9 Å². The molecule has 1 amide bonds. The molecular formula is C19H25N5O2. The lowest BCUT2D eigenvalue weighted by atomic mass is 10.2. The van der Waals surface area contributed by atoms with Gasteiger partial charge in [-0.2, -0.15) is 0 Å². The van der Waals surface area contributed by atoms with Crippen molar-refractivity contribution in [1.82, 2.24) is 20.9 Å². The average molecular weight is 355 g/mol. The maximum Gasteiger partial charge on any atom is 0.252 e. The number of hydrogen-bond acceptors (Lipinski definition) is 4. The molecule has 0 aliphatic heterocycles. The first-order valence-electron chi connectivity index (χ1n) is 8.58. The third-order valence-electron chi connectivity index (χ3n) is 3.57. The Hall–Kier alpha value is -3.09. The summed E-state index contributed by atoms with van der Waals surface area (Å²) in [7, 11) is 1.71. The minimum Gasteiger partial charge on any atom is -0.494 e. The molecule has 0 atom stereocenters. The van der Waals surface area contributed by atoms with Gasteiger partial charge in [0.2, 0.25) is 0 Å². The van der Waals surface area contributed by atoms with Crippen molar-refractivity contribution in [3.63, 3.8) is 0 Å². The fourth-order valence-corrected chi connectivity index (χ4v) is 2.30. The van der Waals surface area contributed by atoms with Gasteiger partial charge in [0.05, 0.1) is 12.2 Å². The molecular weight excluding hydrogens is 330 g/mol. The number of rotatable bonds is 8. The van der Waals surface area contributed by atoms with E-state index in [0.29, 0.717) is 37.8 Å². The van der Waals surface area contributed by atoms with E-state index in [1.54, 1.807) is 31.6 Å². The van der Waals surface area contributed by atoms with Crippen LogP contribution in [-0.2, 0) is 6.54 Å². The lowest BCUT2D eigenvalue weighted by Gasteiger charge is -2.14. The van der Waals surface area contributed by atoms with Gasteiger partial charge >= 0.3 is 0 Å². The molecule has 0 saturated carbocycles. The molecule has 0 radical (unpaired) electrons. The van der Waals surface area contributed by atoms with E-state index in [1.807, 2.05) is 31.2 Å². The standard InChI is InChI=1S/C19H25N5O2/c1-3-26-17-9-5-4-7-15(17)14-24-19(20-2)23-12-11-22-18(25)16-8-6-10-21-13-16/h4-10,13H,3,11-12,14H2,1-2H3,(H,22,25)(H2,20,23,24). The van der Waals surface area contributed by atoms with Crippen molar-refractivity contribution in [2.24, 2.45) is 4.99 Å². The maximum absolute atomic E-state index is 11.9. The number of carbonyl (C=O) groups excluding carboxylic acids is 1. The van der Waals surface area contributed by atoms with Gasteiger partial charge in [-0.1, -0.05) is 18.2 Å². The Kier molecular flexibility index (Phi) is 7.92. The van der Waals surface area contributed by atoms with Crippen molar-refractivity contribution in [3.05, 3.63) is 59.9 Å². The van der Waals surface area contributed by atoms with Gasteiger partial charge in [-0.05, 0) is 25.1 Å². The number of guanidine groups is 1. The summed E-state index contributed by atoms with van der Waals surface area (Å²) in [5.41, 5.74) is 1.60. The third-order valence-corrected chi connectivity index (χ3v) is 3.57. The minimum atomic E-state index is -0.145. The van der Waals surface area contributed by atoms with E-state index in [9.17, 15) is 4.79 Å².